The molecular formula is C25H19N3O3. The van der Waals surface area contributed by atoms with Gasteiger partial charge in [-0.25, -0.2) is 14.8 Å². The van der Waals surface area contributed by atoms with E-state index in [4.69, 9.17) is 10.8 Å². The molecule has 1 aliphatic rings. The fraction of sp³-hybridized carbons (Fsp3) is 0.160. The van der Waals surface area contributed by atoms with Gasteiger partial charge in [0.2, 0.25) is 5.71 Å². The van der Waals surface area contributed by atoms with Crippen LogP contribution in [-0.2, 0) is 5.54 Å². The third kappa shape index (κ3) is 3.21. The number of amides is 1. The highest BCUT2D eigenvalue weighted by molar-refractivity contribution is 5.98. The number of furan rings is 1. The van der Waals surface area contributed by atoms with E-state index in [0.717, 1.165) is 41.5 Å². The van der Waals surface area contributed by atoms with Gasteiger partial charge in [0.1, 0.15) is 17.0 Å². The smallest absolute Gasteiger partial charge is 0.405 e. The van der Waals surface area contributed by atoms with E-state index in [1.54, 1.807) is 0 Å². The third-order valence-electron chi connectivity index (χ3n) is 5.86. The first-order chi connectivity index (χ1) is 15.1. The second-order valence-corrected chi connectivity index (χ2v) is 7.67. The molecule has 5 rings (SSSR count). The van der Waals surface area contributed by atoms with Crippen LogP contribution in [0.4, 0.5) is 4.79 Å². The Balaban J connectivity index is 1.64. The normalized spacial score (nSPS) is 14.5. The zero-order valence-electron chi connectivity index (χ0n) is 16.6. The summed E-state index contributed by atoms with van der Waals surface area (Å²) in [6.07, 6.45) is 8.63. The molecule has 1 aliphatic carbocycles. The zero-order valence-corrected chi connectivity index (χ0v) is 16.6. The molecule has 31 heavy (non-hydrogen) atoms. The predicted molar refractivity (Wildman–Crippen MR) is 117 cm³/mol. The van der Waals surface area contributed by atoms with Gasteiger partial charge in [-0.2, -0.15) is 0 Å². The van der Waals surface area contributed by atoms with E-state index in [-0.39, 0.29) is 0 Å². The molecule has 1 fully saturated rings. The average Bonchev–Trinajstić information content (AvgIpc) is 3.15. The molecule has 152 valence electrons. The van der Waals surface area contributed by atoms with E-state index in [1.807, 2.05) is 54.6 Å². The molecule has 0 bridgehead atoms. The SMILES string of the molecule is C#Cc1cnc2oc(-c3ccc(C4(NC(=O)O)CCC4)cc3)c(-c3ccccc3)c2n1. The molecule has 1 saturated carbocycles. The molecule has 2 aromatic carbocycles. The number of carbonyl (C=O) groups is 1. The fourth-order valence-electron chi connectivity index (χ4n) is 4.18. The molecular weight excluding hydrogens is 390 g/mol. The van der Waals surface area contributed by atoms with Crippen LogP contribution in [0.2, 0.25) is 0 Å². The summed E-state index contributed by atoms with van der Waals surface area (Å²) in [4.78, 5) is 20.2. The van der Waals surface area contributed by atoms with Crippen molar-refractivity contribution in [3.63, 3.8) is 0 Å². The molecule has 4 aromatic rings. The van der Waals surface area contributed by atoms with Crippen molar-refractivity contribution in [2.75, 3.05) is 0 Å². The highest BCUT2D eigenvalue weighted by Gasteiger charge is 2.40. The largest absolute Gasteiger partial charge is 0.465 e. The number of hydrogen-bond donors (Lipinski definition) is 2. The minimum Gasteiger partial charge on any atom is -0.465 e. The van der Waals surface area contributed by atoms with Crippen molar-refractivity contribution in [1.82, 2.24) is 15.3 Å². The Kier molecular flexibility index (Phi) is 4.45. The van der Waals surface area contributed by atoms with Crippen molar-refractivity contribution in [1.29, 1.82) is 0 Å². The van der Waals surface area contributed by atoms with Crippen molar-refractivity contribution < 1.29 is 14.3 Å². The van der Waals surface area contributed by atoms with Crippen LogP contribution in [0.1, 0.15) is 30.5 Å². The number of fused-ring (bicyclic) bond motifs is 1. The first kappa shape index (κ1) is 18.9. The molecule has 0 atom stereocenters. The van der Waals surface area contributed by atoms with Crippen LogP contribution < -0.4 is 5.32 Å². The van der Waals surface area contributed by atoms with Crippen LogP contribution in [0.3, 0.4) is 0 Å². The Bertz CT molecular complexity index is 1310. The number of rotatable bonds is 4. The van der Waals surface area contributed by atoms with Crippen LogP contribution in [0.25, 0.3) is 33.7 Å². The van der Waals surface area contributed by atoms with Crippen LogP contribution in [0.15, 0.2) is 65.2 Å². The average molecular weight is 409 g/mol. The summed E-state index contributed by atoms with van der Waals surface area (Å²) in [5, 5.41) is 11.9. The lowest BCUT2D eigenvalue weighted by molar-refractivity contribution is 0.144. The summed E-state index contributed by atoms with van der Waals surface area (Å²) < 4.78 is 6.12. The van der Waals surface area contributed by atoms with E-state index in [9.17, 15) is 9.90 Å². The number of benzene rings is 2. The monoisotopic (exact) mass is 409 g/mol. The number of terminal acetylenes is 1. The van der Waals surface area contributed by atoms with Crippen molar-refractivity contribution in [2.45, 2.75) is 24.8 Å². The summed E-state index contributed by atoms with van der Waals surface area (Å²) in [6, 6.07) is 17.7. The van der Waals surface area contributed by atoms with Crippen LogP contribution in [0, 0.1) is 12.3 Å². The minimum atomic E-state index is -1.01. The van der Waals surface area contributed by atoms with Crippen molar-refractivity contribution >= 4 is 17.3 Å². The van der Waals surface area contributed by atoms with Crippen LogP contribution in [0.5, 0.6) is 0 Å². The van der Waals surface area contributed by atoms with Gasteiger partial charge in [0, 0.05) is 5.56 Å². The van der Waals surface area contributed by atoms with Crippen LogP contribution in [-0.4, -0.2) is 21.2 Å². The molecule has 2 heterocycles. The maximum absolute atomic E-state index is 11.3. The van der Waals surface area contributed by atoms with Gasteiger partial charge >= 0.3 is 6.09 Å². The molecule has 0 spiro atoms. The van der Waals surface area contributed by atoms with Crippen molar-refractivity contribution in [3.8, 4) is 34.8 Å². The van der Waals surface area contributed by atoms with E-state index in [0.29, 0.717) is 22.7 Å². The molecule has 0 saturated heterocycles. The van der Waals surface area contributed by atoms with E-state index in [1.165, 1.54) is 6.20 Å². The lowest BCUT2D eigenvalue weighted by Crippen LogP contribution is -2.50. The topological polar surface area (TPSA) is 88.2 Å². The van der Waals surface area contributed by atoms with E-state index in [2.05, 4.69) is 21.2 Å². The lowest BCUT2D eigenvalue weighted by atomic mass is 9.72. The molecule has 1 amide bonds. The maximum atomic E-state index is 11.3. The molecule has 2 N–H and O–H groups in total. The molecule has 0 aliphatic heterocycles. The third-order valence-corrected chi connectivity index (χ3v) is 5.86. The molecule has 0 radical (unpaired) electrons. The summed E-state index contributed by atoms with van der Waals surface area (Å²) in [5.41, 5.74) is 4.55. The molecule has 2 aromatic heterocycles. The van der Waals surface area contributed by atoms with Gasteiger partial charge in [-0.05, 0) is 36.3 Å². The second-order valence-electron chi connectivity index (χ2n) is 7.67. The highest BCUT2D eigenvalue weighted by atomic mass is 16.4. The minimum absolute atomic E-state index is 0.417. The number of aromatic nitrogens is 2. The number of carboxylic acid groups (broad SMARTS) is 1. The van der Waals surface area contributed by atoms with Gasteiger partial charge in [-0.1, -0.05) is 54.6 Å². The Hall–Kier alpha value is -4.11. The predicted octanol–water partition coefficient (Wildman–Crippen LogP) is 5.18. The Morgan fingerprint density at radius 1 is 1.10 bits per heavy atom. The van der Waals surface area contributed by atoms with Gasteiger partial charge in [0.05, 0.1) is 17.3 Å². The highest BCUT2D eigenvalue weighted by Crippen LogP contribution is 2.43. The first-order valence-corrected chi connectivity index (χ1v) is 10.0. The zero-order chi connectivity index (χ0) is 21.4. The number of hydrogen-bond acceptors (Lipinski definition) is 4. The summed E-state index contributed by atoms with van der Waals surface area (Å²) in [7, 11) is 0. The Morgan fingerprint density at radius 3 is 2.45 bits per heavy atom. The Morgan fingerprint density at radius 2 is 1.84 bits per heavy atom. The fourth-order valence-corrected chi connectivity index (χ4v) is 4.18. The van der Waals surface area contributed by atoms with Gasteiger partial charge in [0.15, 0.2) is 0 Å². The van der Waals surface area contributed by atoms with Crippen molar-refractivity contribution in [3.05, 3.63) is 72.1 Å². The number of nitrogens with one attached hydrogen (secondary N) is 1. The van der Waals surface area contributed by atoms with Gasteiger partial charge in [0.25, 0.3) is 0 Å². The summed E-state index contributed by atoms with van der Waals surface area (Å²) >= 11 is 0. The molecule has 6 nitrogen and oxygen atoms in total. The summed E-state index contributed by atoms with van der Waals surface area (Å²) in [6.45, 7) is 0. The summed E-state index contributed by atoms with van der Waals surface area (Å²) in [5.74, 6) is 3.18. The van der Waals surface area contributed by atoms with Crippen molar-refractivity contribution in [2.24, 2.45) is 0 Å². The van der Waals surface area contributed by atoms with E-state index < -0.39 is 11.6 Å². The molecule has 0 unspecified atom stereocenters. The second kappa shape index (κ2) is 7.29. The van der Waals surface area contributed by atoms with Crippen LogP contribution >= 0.6 is 0 Å². The molecule has 6 heteroatoms. The first-order valence-electron chi connectivity index (χ1n) is 10.0. The lowest BCUT2D eigenvalue weighted by Gasteiger charge is -2.42. The quantitative estimate of drug-likeness (QED) is 0.453. The van der Waals surface area contributed by atoms with Gasteiger partial charge < -0.3 is 14.8 Å². The maximum Gasteiger partial charge on any atom is 0.405 e. The van der Waals surface area contributed by atoms with Gasteiger partial charge in [-0.15, -0.1) is 6.42 Å². The van der Waals surface area contributed by atoms with Gasteiger partial charge in [-0.3, -0.25) is 0 Å². The van der Waals surface area contributed by atoms with E-state index >= 15 is 0 Å². The number of nitrogens with zero attached hydrogens (tertiary/aromatic N) is 2. The standard InChI is InChI=1S/C25H19N3O3/c1-2-19-15-26-23-21(27-19)20(16-7-4-3-5-8-16)22(31-23)17-9-11-18(12-10-17)25(13-6-14-25)28-24(29)30/h1,3-5,7-12,15,28H,6,13-14H2,(H,29,30). The Labute approximate surface area is 179 Å².